The van der Waals surface area contributed by atoms with E-state index in [2.05, 4.69) is 11.1 Å². The Morgan fingerprint density at radius 3 is 2.19 bits per heavy atom. The zero-order valence-corrected chi connectivity index (χ0v) is 9.93. The summed E-state index contributed by atoms with van der Waals surface area (Å²) < 4.78 is 0. The molecule has 2 nitrogen and oxygen atoms in total. The number of nitrogens with one attached hydrogen (secondary N) is 1. The van der Waals surface area contributed by atoms with E-state index in [4.69, 9.17) is 0 Å². The topological polar surface area (TPSA) is 32.9 Å². The van der Waals surface area contributed by atoms with Crippen LogP contribution in [0.5, 0.6) is 0 Å². The van der Waals surface area contributed by atoms with Crippen LogP contribution in [0.25, 0.3) is 0 Å². The van der Waals surface area contributed by atoms with Crippen molar-refractivity contribution in [2.24, 2.45) is 0 Å². The second kappa shape index (κ2) is 5.88. The van der Waals surface area contributed by atoms with E-state index in [0.29, 0.717) is 6.42 Å². The Kier molecular flexibility index (Phi) is 4.20. The predicted molar refractivity (Wildman–Crippen MR) is 65.8 cm³/mol. The van der Waals surface area contributed by atoms with Gasteiger partial charge in [-0.3, -0.25) is 4.79 Å². The molecule has 0 fully saturated rings. The van der Waals surface area contributed by atoms with Crippen LogP contribution < -0.4 is 0 Å². The minimum Gasteiger partial charge on any atom is -0.356 e. The number of aromatic nitrogens is 1. The highest BCUT2D eigenvalue weighted by Crippen LogP contribution is 2.15. The van der Waals surface area contributed by atoms with Gasteiger partial charge in [-0.2, -0.15) is 0 Å². The maximum absolute atomic E-state index is 11.8. The highest BCUT2D eigenvalue weighted by molar-refractivity contribution is 5.94. The molecule has 2 rings (SSSR count). The van der Waals surface area contributed by atoms with E-state index in [9.17, 15) is 4.79 Å². The number of ketones is 1. The van der Waals surface area contributed by atoms with Crippen molar-refractivity contribution in [2.75, 3.05) is 0 Å². The van der Waals surface area contributed by atoms with Crippen LogP contribution in [0.4, 0.5) is 0 Å². The van der Waals surface area contributed by atoms with Gasteiger partial charge in [0.25, 0.3) is 0 Å². The second-order valence-electron chi connectivity index (χ2n) is 4.80. The molecule has 0 amide bonds. The molecule has 88 valence electrons. The second-order valence-corrected chi connectivity index (χ2v) is 4.80. The zero-order valence-electron chi connectivity index (χ0n) is 9.93. The molecular formula is C14H21NO. The van der Waals surface area contributed by atoms with E-state index >= 15 is 0 Å². The molecular weight excluding hydrogens is 198 g/mol. The van der Waals surface area contributed by atoms with Crippen molar-refractivity contribution in [1.82, 2.24) is 4.98 Å². The van der Waals surface area contributed by atoms with Crippen LogP contribution in [-0.4, -0.2) is 10.8 Å². The molecule has 0 saturated carbocycles. The van der Waals surface area contributed by atoms with Gasteiger partial charge in [-0.1, -0.05) is 32.1 Å². The quantitative estimate of drug-likeness (QED) is 0.705. The number of carbonyl (C=O) groups is 1. The van der Waals surface area contributed by atoms with Gasteiger partial charge >= 0.3 is 0 Å². The Balaban J connectivity index is 1.99. The minimum absolute atomic E-state index is 0.283. The van der Waals surface area contributed by atoms with Gasteiger partial charge in [-0.25, -0.2) is 0 Å². The van der Waals surface area contributed by atoms with Crippen LogP contribution in [0.1, 0.15) is 67.5 Å². The summed E-state index contributed by atoms with van der Waals surface area (Å²) >= 11 is 0. The van der Waals surface area contributed by atoms with Crippen LogP contribution in [0, 0.1) is 0 Å². The monoisotopic (exact) mass is 219 g/mol. The molecule has 1 aliphatic rings. The standard InChI is InChI=1S/C14H21NO/c16-14-9-7-5-3-1-2-4-6-8-12-10-11-13(14)15-12/h10-11,15H,1-9H2. The first kappa shape index (κ1) is 11.4. The highest BCUT2D eigenvalue weighted by Gasteiger charge is 2.08. The highest BCUT2D eigenvalue weighted by atomic mass is 16.1. The van der Waals surface area contributed by atoms with Gasteiger partial charge in [0.1, 0.15) is 0 Å². The van der Waals surface area contributed by atoms with E-state index in [1.54, 1.807) is 0 Å². The predicted octanol–water partition coefficient (Wildman–Crippen LogP) is 3.87. The maximum Gasteiger partial charge on any atom is 0.179 e. The molecule has 0 spiro atoms. The number of aryl methyl sites for hydroxylation is 1. The number of aromatic amines is 1. The smallest absolute Gasteiger partial charge is 0.179 e. The average molecular weight is 219 g/mol. The van der Waals surface area contributed by atoms with Gasteiger partial charge in [-0.15, -0.1) is 0 Å². The molecule has 1 N–H and O–H groups in total. The Labute approximate surface area is 97.4 Å². The van der Waals surface area contributed by atoms with Crippen LogP contribution in [0.2, 0.25) is 0 Å². The van der Waals surface area contributed by atoms with Gasteiger partial charge in [0.2, 0.25) is 0 Å². The summed E-state index contributed by atoms with van der Waals surface area (Å²) in [5.41, 5.74) is 2.04. The first-order valence-corrected chi connectivity index (χ1v) is 6.57. The molecule has 1 aromatic heterocycles. The summed E-state index contributed by atoms with van der Waals surface area (Å²) in [6, 6.07) is 4.02. The Hall–Kier alpha value is -1.05. The molecule has 0 aromatic carbocycles. The third kappa shape index (κ3) is 3.22. The van der Waals surface area contributed by atoms with E-state index < -0.39 is 0 Å². The lowest BCUT2D eigenvalue weighted by Crippen LogP contribution is -1.99. The number of Topliss-reactive ketones (excluding diaryl/α,β-unsaturated/α-hetero) is 1. The number of hydrogen-bond acceptors (Lipinski definition) is 1. The van der Waals surface area contributed by atoms with Gasteiger partial charge in [0.15, 0.2) is 5.78 Å². The summed E-state index contributed by atoms with van der Waals surface area (Å²) in [5, 5.41) is 0. The fraction of sp³-hybridized carbons (Fsp3) is 0.643. The van der Waals surface area contributed by atoms with Crippen LogP contribution in [0.15, 0.2) is 12.1 Å². The first-order chi connectivity index (χ1) is 7.86. The van der Waals surface area contributed by atoms with Crippen LogP contribution in [0.3, 0.4) is 0 Å². The summed E-state index contributed by atoms with van der Waals surface area (Å²) in [4.78, 5) is 15.1. The summed E-state index contributed by atoms with van der Waals surface area (Å²) in [6.45, 7) is 0. The molecule has 2 heteroatoms. The normalized spacial score (nSPS) is 19.6. The number of fused-ring (bicyclic) bond motifs is 2. The van der Waals surface area contributed by atoms with Crippen molar-refractivity contribution in [3.63, 3.8) is 0 Å². The molecule has 0 radical (unpaired) electrons. The maximum atomic E-state index is 11.8. The molecule has 0 aliphatic carbocycles. The molecule has 2 bridgehead atoms. The van der Waals surface area contributed by atoms with Crippen molar-refractivity contribution in [3.05, 3.63) is 23.5 Å². The summed E-state index contributed by atoms with van der Waals surface area (Å²) in [7, 11) is 0. The fourth-order valence-corrected chi connectivity index (χ4v) is 2.37. The zero-order chi connectivity index (χ0) is 11.2. The molecule has 1 aliphatic heterocycles. The Bertz CT molecular complexity index is 340. The van der Waals surface area contributed by atoms with Gasteiger partial charge < -0.3 is 4.98 Å². The van der Waals surface area contributed by atoms with Crippen LogP contribution in [-0.2, 0) is 6.42 Å². The van der Waals surface area contributed by atoms with Gasteiger partial charge in [0.05, 0.1) is 5.69 Å². The molecule has 1 aromatic rings. The third-order valence-corrected chi connectivity index (χ3v) is 3.40. The number of H-pyrrole nitrogens is 1. The van der Waals surface area contributed by atoms with Crippen LogP contribution >= 0.6 is 0 Å². The third-order valence-electron chi connectivity index (χ3n) is 3.40. The number of rotatable bonds is 0. The molecule has 16 heavy (non-hydrogen) atoms. The largest absolute Gasteiger partial charge is 0.356 e. The van der Waals surface area contributed by atoms with E-state index in [-0.39, 0.29) is 5.78 Å². The van der Waals surface area contributed by atoms with Gasteiger partial charge in [0, 0.05) is 12.1 Å². The summed E-state index contributed by atoms with van der Waals surface area (Å²) in [6.07, 6.45) is 10.6. The average Bonchev–Trinajstić information content (AvgIpc) is 2.75. The van der Waals surface area contributed by atoms with Crippen molar-refractivity contribution >= 4 is 5.78 Å². The van der Waals surface area contributed by atoms with E-state index in [1.165, 1.54) is 44.2 Å². The van der Waals surface area contributed by atoms with Crippen molar-refractivity contribution in [3.8, 4) is 0 Å². The van der Waals surface area contributed by atoms with Gasteiger partial charge in [-0.05, 0) is 31.4 Å². The molecule has 0 atom stereocenters. The lowest BCUT2D eigenvalue weighted by Gasteiger charge is -2.00. The Morgan fingerprint density at radius 2 is 1.44 bits per heavy atom. The van der Waals surface area contributed by atoms with E-state index in [1.807, 2.05) is 6.07 Å². The van der Waals surface area contributed by atoms with Crippen molar-refractivity contribution in [1.29, 1.82) is 0 Å². The number of hydrogen-bond donors (Lipinski definition) is 1. The molecule has 0 unspecified atom stereocenters. The van der Waals surface area contributed by atoms with E-state index in [0.717, 1.165) is 18.5 Å². The molecule has 2 heterocycles. The SMILES string of the molecule is O=C1CCCCCCCCCc2ccc1[nH]2. The fourth-order valence-electron chi connectivity index (χ4n) is 2.37. The lowest BCUT2D eigenvalue weighted by molar-refractivity contribution is 0.0975. The lowest BCUT2D eigenvalue weighted by atomic mass is 10.0. The Morgan fingerprint density at radius 1 is 0.812 bits per heavy atom. The first-order valence-electron chi connectivity index (χ1n) is 6.57. The van der Waals surface area contributed by atoms with Crippen molar-refractivity contribution in [2.45, 2.75) is 57.8 Å². The minimum atomic E-state index is 0.283. The van der Waals surface area contributed by atoms with Crippen molar-refractivity contribution < 1.29 is 4.79 Å². The molecule has 0 saturated heterocycles. The summed E-state index contributed by atoms with van der Waals surface area (Å²) in [5.74, 6) is 0.283. The number of carbonyl (C=O) groups excluding carboxylic acids is 1.